The van der Waals surface area contributed by atoms with Crippen LogP contribution in [0.1, 0.15) is 38.5 Å². The smallest absolute Gasteiger partial charge is 0.0571 e. The molecule has 0 aromatic carbocycles. The Morgan fingerprint density at radius 1 is 1.24 bits per heavy atom. The number of piperidine rings is 1. The van der Waals surface area contributed by atoms with E-state index in [-0.39, 0.29) is 6.10 Å². The summed E-state index contributed by atoms with van der Waals surface area (Å²) in [6, 6.07) is 1.51. The van der Waals surface area contributed by atoms with Crippen LogP contribution in [-0.2, 0) is 0 Å². The quantitative estimate of drug-likeness (QED) is 0.756. The molecule has 2 aliphatic carbocycles. The van der Waals surface area contributed by atoms with E-state index in [1.807, 2.05) is 0 Å². The Balaban J connectivity index is 1.54. The van der Waals surface area contributed by atoms with Crippen molar-refractivity contribution < 1.29 is 5.11 Å². The Kier molecular flexibility index (Phi) is 3.42. The third-order valence-electron chi connectivity index (χ3n) is 4.78. The molecule has 0 spiro atoms. The molecule has 98 valence electrons. The maximum atomic E-state index is 10.1. The summed E-state index contributed by atoms with van der Waals surface area (Å²) < 4.78 is 0. The SMILES string of the molecule is CNC1CC(CC(O)C2CC2)CN(C2CC2)C1. The van der Waals surface area contributed by atoms with Crippen LogP contribution in [0.2, 0.25) is 0 Å². The van der Waals surface area contributed by atoms with Gasteiger partial charge in [-0.2, -0.15) is 0 Å². The summed E-state index contributed by atoms with van der Waals surface area (Å²) in [5.41, 5.74) is 0. The highest BCUT2D eigenvalue weighted by Gasteiger charge is 2.38. The maximum absolute atomic E-state index is 10.1. The summed E-state index contributed by atoms with van der Waals surface area (Å²) in [4.78, 5) is 2.66. The van der Waals surface area contributed by atoms with Crippen molar-refractivity contribution in [2.75, 3.05) is 20.1 Å². The summed E-state index contributed by atoms with van der Waals surface area (Å²) in [6.45, 7) is 2.45. The molecule has 0 amide bonds. The molecule has 1 saturated heterocycles. The molecule has 3 fully saturated rings. The highest BCUT2D eigenvalue weighted by Crippen LogP contribution is 2.38. The minimum Gasteiger partial charge on any atom is -0.393 e. The zero-order valence-electron chi connectivity index (χ0n) is 10.9. The minimum atomic E-state index is -0.0170. The monoisotopic (exact) mass is 238 g/mol. The average molecular weight is 238 g/mol. The molecular weight excluding hydrogens is 212 g/mol. The first-order valence-electron chi connectivity index (χ1n) is 7.35. The number of likely N-dealkylation sites (tertiary alicyclic amines) is 1. The van der Waals surface area contributed by atoms with E-state index in [1.165, 1.54) is 45.2 Å². The van der Waals surface area contributed by atoms with Gasteiger partial charge in [0.25, 0.3) is 0 Å². The van der Waals surface area contributed by atoms with Gasteiger partial charge in [-0.1, -0.05) is 0 Å². The van der Waals surface area contributed by atoms with Crippen LogP contribution in [0.3, 0.4) is 0 Å². The molecule has 2 saturated carbocycles. The number of aliphatic hydroxyl groups excluding tert-OH is 1. The van der Waals surface area contributed by atoms with E-state index in [1.54, 1.807) is 0 Å². The van der Waals surface area contributed by atoms with Gasteiger partial charge >= 0.3 is 0 Å². The van der Waals surface area contributed by atoms with Crippen molar-refractivity contribution in [2.24, 2.45) is 11.8 Å². The van der Waals surface area contributed by atoms with Crippen molar-refractivity contribution in [2.45, 2.75) is 56.7 Å². The first kappa shape index (κ1) is 11.9. The molecular formula is C14H26N2O. The van der Waals surface area contributed by atoms with Gasteiger partial charge in [0.1, 0.15) is 0 Å². The third kappa shape index (κ3) is 3.01. The Bertz CT molecular complexity index is 261. The van der Waals surface area contributed by atoms with Gasteiger partial charge in [0.15, 0.2) is 0 Å². The molecule has 2 N–H and O–H groups in total. The number of hydrogen-bond donors (Lipinski definition) is 2. The Morgan fingerprint density at radius 3 is 2.59 bits per heavy atom. The van der Waals surface area contributed by atoms with E-state index in [9.17, 15) is 5.11 Å². The molecule has 0 radical (unpaired) electrons. The van der Waals surface area contributed by atoms with Crippen molar-refractivity contribution >= 4 is 0 Å². The summed E-state index contributed by atoms with van der Waals surface area (Å²) in [5.74, 6) is 1.34. The number of nitrogens with zero attached hydrogens (tertiary/aromatic N) is 1. The lowest BCUT2D eigenvalue weighted by molar-refractivity contribution is 0.0731. The van der Waals surface area contributed by atoms with Gasteiger partial charge in [0.2, 0.25) is 0 Å². The summed E-state index contributed by atoms with van der Waals surface area (Å²) in [7, 11) is 2.08. The molecule has 3 rings (SSSR count). The zero-order chi connectivity index (χ0) is 11.8. The van der Waals surface area contributed by atoms with Gasteiger partial charge in [-0.15, -0.1) is 0 Å². The number of aliphatic hydroxyl groups is 1. The lowest BCUT2D eigenvalue weighted by Gasteiger charge is -2.38. The molecule has 1 aliphatic heterocycles. The van der Waals surface area contributed by atoms with Crippen LogP contribution in [0.4, 0.5) is 0 Å². The number of hydrogen-bond acceptors (Lipinski definition) is 3. The van der Waals surface area contributed by atoms with Crippen molar-refractivity contribution in [3.05, 3.63) is 0 Å². The van der Waals surface area contributed by atoms with E-state index in [0.29, 0.717) is 17.9 Å². The summed E-state index contributed by atoms with van der Waals surface area (Å²) >= 11 is 0. The van der Waals surface area contributed by atoms with Gasteiger partial charge in [0.05, 0.1) is 6.10 Å². The summed E-state index contributed by atoms with van der Waals surface area (Å²) in [6.07, 6.45) is 7.58. The predicted octanol–water partition coefficient (Wildman–Crippen LogP) is 1.22. The Morgan fingerprint density at radius 2 is 2.00 bits per heavy atom. The molecule has 0 aromatic rings. The number of likely N-dealkylation sites (N-methyl/N-ethyl adjacent to an activating group) is 1. The molecule has 3 unspecified atom stereocenters. The van der Waals surface area contributed by atoms with Crippen LogP contribution in [0.5, 0.6) is 0 Å². The van der Waals surface area contributed by atoms with Gasteiger partial charge < -0.3 is 10.4 Å². The highest BCUT2D eigenvalue weighted by molar-refractivity contribution is 4.93. The molecule has 3 nitrogen and oxygen atoms in total. The van der Waals surface area contributed by atoms with Gasteiger partial charge in [0, 0.05) is 25.2 Å². The second-order valence-corrected chi connectivity index (χ2v) is 6.41. The van der Waals surface area contributed by atoms with Gasteiger partial charge in [-0.05, 0) is 57.4 Å². The van der Waals surface area contributed by atoms with Crippen LogP contribution in [0.15, 0.2) is 0 Å². The topological polar surface area (TPSA) is 35.5 Å². The lowest BCUT2D eigenvalue weighted by Crippen LogP contribution is -2.49. The minimum absolute atomic E-state index is 0.0170. The third-order valence-corrected chi connectivity index (χ3v) is 4.78. The van der Waals surface area contributed by atoms with Crippen molar-refractivity contribution in [1.82, 2.24) is 10.2 Å². The maximum Gasteiger partial charge on any atom is 0.0571 e. The van der Waals surface area contributed by atoms with Crippen molar-refractivity contribution in [1.29, 1.82) is 0 Å². The molecule has 3 heteroatoms. The Labute approximate surface area is 105 Å². The van der Waals surface area contributed by atoms with Gasteiger partial charge in [-0.3, -0.25) is 4.90 Å². The molecule has 1 heterocycles. The van der Waals surface area contributed by atoms with Crippen molar-refractivity contribution in [3.63, 3.8) is 0 Å². The van der Waals surface area contributed by atoms with E-state index in [4.69, 9.17) is 0 Å². The fraction of sp³-hybridized carbons (Fsp3) is 1.00. The zero-order valence-corrected chi connectivity index (χ0v) is 10.9. The first-order valence-corrected chi connectivity index (χ1v) is 7.35. The van der Waals surface area contributed by atoms with Crippen LogP contribution < -0.4 is 5.32 Å². The molecule has 17 heavy (non-hydrogen) atoms. The number of rotatable bonds is 5. The molecule has 0 aromatic heterocycles. The van der Waals surface area contributed by atoms with Crippen LogP contribution in [0, 0.1) is 11.8 Å². The van der Waals surface area contributed by atoms with E-state index >= 15 is 0 Å². The van der Waals surface area contributed by atoms with Crippen LogP contribution >= 0.6 is 0 Å². The van der Waals surface area contributed by atoms with Crippen LogP contribution in [0.25, 0.3) is 0 Å². The first-order chi connectivity index (χ1) is 8.26. The molecule has 0 bridgehead atoms. The largest absolute Gasteiger partial charge is 0.393 e. The second-order valence-electron chi connectivity index (χ2n) is 6.41. The molecule has 3 atom stereocenters. The lowest BCUT2D eigenvalue weighted by atomic mass is 9.88. The predicted molar refractivity (Wildman–Crippen MR) is 68.9 cm³/mol. The molecule has 3 aliphatic rings. The van der Waals surface area contributed by atoms with Gasteiger partial charge in [-0.25, -0.2) is 0 Å². The van der Waals surface area contributed by atoms with Crippen LogP contribution in [-0.4, -0.2) is 48.3 Å². The van der Waals surface area contributed by atoms with E-state index in [2.05, 4.69) is 17.3 Å². The highest BCUT2D eigenvalue weighted by atomic mass is 16.3. The average Bonchev–Trinajstić information content (AvgIpc) is 3.20. The fourth-order valence-corrected chi connectivity index (χ4v) is 3.37. The number of nitrogens with one attached hydrogen (secondary N) is 1. The normalized spacial score (nSPS) is 37.1. The fourth-order valence-electron chi connectivity index (χ4n) is 3.37. The Hall–Kier alpha value is -0.120. The van der Waals surface area contributed by atoms with E-state index < -0.39 is 0 Å². The van der Waals surface area contributed by atoms with Crippen molar-refractivity contribution in [3.8, 4) is 0 Å². The second kappa shape index (κ2) is 4.87. The summed E-state index contributed by atoms with van der Waals surface area (Å²) in [5, 5.41) is 13.5. The van der Waals surface area contributed by atoms with E-state index in [0.717, 1.165) is 12.5 Å². The standard InChI is InChI=1S/C14H26N2O/c1-15-12-6-10(7-14(17)11-2-3-11)8-16(9-12)13-4-5-13/h10-15,17H,2-9H2,1H3.